The first-order valence-electron chi connectivity index (χ1n) is 7.58. The van der Waals surface area contributed by atoms with Crippen molar-refractivity contribution in [3.8, 4) is 0 Å². The van der Waals surface area contributed by atoms with Gasteiger partial charge >= 0.3 is 0 Å². The zero-order chi connectivity index (χ0) is 13.9. The van der Waals surface area contributed by atoms with E-state index >= 15 is 0 Å². The van der Waals surface area contributed by atoms with Gasteiger partial charge in [0.25, 0.3) is 0 Å². The standard InChI is InChI=1S/C16H23N3O/c1-3-9-19-15-7-5-4-6-14(15)18-16(19)11-17-13-8-10-20-12(13)2/h4-7,12-13,17H,3,8-11H2,1-2H3. The quantitative estimate of drug-likeness (QED) is 0.910. The van der Waals surface area contributed by atoms with Crippen LogP contribution in [0.4, 0.5) is 0 Å². The second kappa shape index (κ2) is 5.94. The number of nitrogens with one attached hydrogen (secondary N) is 1. The van der Waals surface area contributed by atoms with Gasteiger partial charge in [-0.2, -0.15) is 0 Å². The van der Waals surface area contributed by atoms with Crippen LogP contribution in [-0.4, -0.2) is 28.3 Å². The van der Waals surface area contributed by atoms with Crippen molar-refractivity contribution in [2.75, 3.05) is 6.61 Å². The smallest absolute Gasteiger partial charge is 0.123 e. The fraction of sp³-hybridized carbons (Fsp3) is 0.562. The topological polar surface area (TPSA) is 39.1 Å². The highest BCUT2D eigenvalue weighted by Gasteiger charge is 2.24. The summed E-state index contributed by atoms with van der Waals surface area (Å²) < 4.78 is 7.94. The minimum atomic E-state index is 0.305. The Morgan fingerprint density at radius 3 is 3.00 bits per heavy atom. The summed E-state index contributed by atoms with van der Waals surface area (Å²) in [6.45, 7) is 7.05. The van der Waals surface area contributed by atoms with Gasteiger partial charge in [-0.1, -0.05) is 19.1 Å². The van der Waals surface area contributed by atoms with E-state index in [1.54, 1.807) is 0 Å². The highest BCUT2D eigenvalue weighted by Crippen LogP contribution is 2.18. The molecule has 0 spiro atoms. The van der Waals surface area contributed by atoms with Crippen molar-refractivity contribution in [3.63, 3.8) is 0 Å². The molecule has 2 atom stereocenters. The van der Waals surface area contributed by atoms with Crippen molar-refractivity contribution in [2.45, 2.75) is 51.9 Å². The van der Waals surface area contributed by atoms with Crippen molar-refractivity contribution in [1.82, 2.24) is 14.9 Å². The molecule has 1 N–H and O–H groups in total. The number of rotatable bonds is 5. The van der Waals surface area contributed by atoms with Crippen molar-refractivity contribution in [2.24, 2.45) is 0 Å². The molecule has 0 radical (unpaired) electrons. The van der Waals surface area contributed by atoms with Crippen LogP contribution in [0.3, 0.4) is 0 Å². The summed E-state index contributed by atoms with van der Waals surface area (Å²) in [6.07, 6.45) is 2.52. The predicted molar refractivity (Wildman–Crippen MR) is 80.7 cm³/mol. The number of hydrogen-bond acceptors (Lipinski definition) is 3. The third kappa shape index (κ3) is 2.58. The monoisotopic (exact) mass is 273 g/mol. The molecular formula is C16H23N3O. The van der Waals surface area contributed by atoms with Crippen LogP contribution in [0.1, 0.15) is 32.5 Å². The van der Waals surface area contributed by atoms with Crippen LogP contribution in [0.5, 0.6) is 0 Å². The van der Waals surface area contributed by atoms with Crippen LogP contribution >= 0.6 is 0 Å². The van der Waals surface area contributed by atoms with Crippen LogP contribution in [0.15, 0.2) is 24.3 Å². The molecule has 1 aromatic heterocycles. The molecule has 20 heavy (non-hydrogen) atoms. The molecule has 1 aliphatic heterocycles. The van der Waals surface area contributed by atoms with Crippen molar-refractivity contribution in [3.05, 3.63) is 30.1 Å². The number of aryl methyl sites for hydroxylation is 1. The van der Waals surface area contributed by atoms with Gasteiger partial charge in [-0.25, -0.2) is 4.98 Å². The predicted octanol–water partition coefficient (Wildman–Crippen LogP) is 2.71. The molecule has 4 heteroatoms. The zero-order valence-electron chi connectivity index (χ0n) is 12.3. The Bertz CT molecular complexity index is 578. The number of fused-ring (bicyclic) bond motifs is 1. The molecule has 1 aliphatic rings. The van der Waals surface area contributed by atoms with Crippen molar-refractivity contribution < 1.29 is 4.74 Å². The van der Waals surface area contributed by atoms with Crippen molar-refractivity contribution in [1.29, 1.82) is 0 Å². The lowest BCUT2D eigenvalue weighted by atomic mass is 10.1. The number of ether oxygens (including phenoxy) is 1. The summed E-state index contributed by atoms with van der Waals surface area (Å²) in [6, 6.07) is 8.83. The van der Waals surface area contributed by atoms with E-state index in [0.717, 1.165) is 43.9 Å². The van der Waals surface area contributed by atoms with E-state index in [0.29, 0.717) is 12.1 Å². The Kier molecular flexibility index (Phi) is 4.03. The largest absolute Gasteiger partial charge is 0.377 e. The normalized spacial score (nSPS) is 22.7. The van der Waals surface area contributed by atoms with Gasteiger partial charge in [-0.15, -0.1) is 0 Å². The molecule has 0 bridgehead atoms. The maximum absolute atomic E-state index is 5.60. The number of hydrogen-bond donors (Lipinski definition) is 1. The molecule has 108 valence electrons. The maximum Gasteiger partial charge on any atom is 0.123 e. The second-order valence-electron chi connectivity index (χ2n) is 5.52. The number of aromatic nitrogens is 2. The van der Waals surface area contributed by atoms with E-state index in [1.165, 1.54) is 5.52 Å². The van der Waals surface area contributed by atoms with Crippen LogP contribution in [0, 0.1) is 0 Å². The fourth-order valence-electron chi connectivity index (χ4n) is 2.96. The molecule has 1 aromatic carbocycles. The first-order chi connectivity index (χ1) is 9.79. The summed E-state index contributed by atoms with van der Waals surface area (Å²) in [7, 11) is 0. The molecule has 2 aromatic rings. The zero-order valence-corrected chi connectivity index (χ0v) is 12.3. The van der Waals surface area contributed by atoms with Crippen LogP contribution in [0.2, 0.25) is 0 Å². The first-order valence-corrected chi connectivity index (χ1v) is 7.58. The summed E-state index contributed by atoms with van der Waals surface area (Å²) in [4.78, 5) is 4.78. The Labute approximate surface area is 120 Å². The molecule has 2 unspecified atom stereocenters. The summed E-state index contributed by atoms with van der Waals surface area (Å²) in [5.74, 6) is 1.13. The average Bonchev–Trinajstić information content (AvgIpc) is 3.02. The molecule has 4 nitrogen and oxygen atoms in total. The van der Waals surface area contributed by atoms with Crippen LogP contribution < -0.4 is 5.32 Å². The minimum Gasteiger partial charge on any atom is -0.377 e. The molecule has 1 fully saturated rings. The second-order valence-corrected chi connectivity index (χ2v) is 5.52. The van der Waals surface area contributed by atoms with E-state index in [1.807, 2.05) is 0 Å². The van der Waals surface area contributed by atoms with E-state index in [-0.39, 0.29) is 0 Å². The van der Waals surface area contributed by atoms with Crippen molar-refractivity contribution >= 4 is 11.0 Å². The Morgan fingerprint density at radius 2 is 2.25 bits per heavy atom. The third-order valence-corrected chi connectivity index (χ3v) is 4.08. The van der Waals surface area contributed by atoms with E-state index < -0.39 is 0 Å². The lowest BCUT2D eigenvalue weighted by molar-refractivity contribution is 0.113. The molecule has 2 heterocycles. The van der Waals surface area contributed by atoms with E-state index in [4.69, 9.17) is 9.72 Å². The Morgan fingerprint density at radius 1 is 1.40 bits per heavy atom. The number of imidazole rings is 1. The van der Waals surface area contributed by atoms with Crippen LogP contribution in [0.25, 0.3) is 11.0 Å². The lowest BCUT2D eigenvalue weighted by Crippen LogP contribution is -2.34. The summed E-state index contributed by atoms with van der Waals surface area (Å²) in [5.41, 5.74) is 2.33. The molecule has 1 saturated heterocycles. The molecule has 0 saturated carbocycles. The van der Waals surface area contributed by atoms with Gasteiger partial charge in [0.15, 0.2) is 0 Å². The van der Waals surface area contributed by atoms with Crippen LogP contribution in [-0.2, 0) is 17.8 Å². The minimum absolute atomic E-state index is 0.305. The molecule has 0 aliphatic carbocycles. The first kappa shape index (κ1) is 13.6. The highest BCUT2D eigenvalue weighted by atomic mass is 16.5. The maximum atomic E-state index is 5.60. The Hall–Kier alpha value is -1.39. The van der Waals surface area contributed by atoms with Gasteiger partial charge in [-0.05, 0) is 31.9 Å². The average molecular weight is 273 g/mol. The van der Waals surface area contributed by atoms with Gasteiger partial charge in [-0.3, -0.25) is 0 Å². The fourth-order valence-corrected chi connectivity index (χ4v) is 2.96. The summed E-state index contributed by atoms with van der Waals surface area (Å²) in [5, 5.41) is 3.60. The number of para-hydroxylation sites is 2. The SMILES string of the molecule is CCCn1c(CNC2CCOC2C)nc2ccccc21. The van der Waals surface area contributed by atoms with E-state index in [2.05, 4.69) is 48.0 Å². The molecule has 0 amide bonds. The molecular weight excluding hydrogens is 250 g/mol. The number of benzene rings is 1. The van der Waals surface area contributed by atoms with Gasteiger partial charge < -0.3 is 14.6 Å². The third-order valence-electron chi connectivity index (χ3n) is 4.08. The number of nitrogens with zero attached hydrogens (tertiary/aromatic N) is 2. The highest BCUT2D eigenvalue weighted by molar-refractivity contribution is 5.75. The van der Waals surface area contributed by atoms with Gasteiger partial charge in [0.05, 0.1) is 23.7 Å². The summed E-state index contributed by atoms with van der Waals surface area (Å²) >= 11 is 0. The Balaban J connectivity index is 1.81. The van der Waals surface area contributed by atoms with Gasteiger partial charge in [0.1, 0.15) is 5.82 Å². The molecule has 3 rings (SSSR count). The van der Waals surface area contributed by atoms with Gasteiger partial charge in [0, 0.05) is 19.2 Å². The van der Waals surface area contributed by atoms with E-state index in [9.17, 15) is 0 Å². The lowest BCUT2D eigenvalue weighted by Gasteiger charge is -2.16. The van der Waals surface area contributed by atoms with Gasteiger partial charge in [0.2, 0.25) is 0 Å².